The van der Waals surface area contributed by atoms with Gasteiger partial charge >= 0.3 is 0 Å². The first-order chi connectivity index (χ1) is 37.2. The Morgan fingerprint density at radius 1 is 0.293 bits per heavy atom. The minimum absolute atomic E-state index is 0.0407. The van der Waals surface area contributed by atoms with Gasteiger partial charge in [0.05, 0.1) is 59.5 Å². The van der Waals surface area contributed by atoms with Gasteiger partial charge in [-0.05, 0) is 38.9 Å². The minimum Gasteiger partial charge on any atom is -0.374 e. The second kappa shape index (κ2) is 29.1. The highest BCUT2D eigenvalue weighted by atomic mass is 16.8. The van der Waals surface area contributed by atoms with Gasteiger partial charge < -0.3 is 52.1 Å². The van der Waals surface area contributed by atoms with Crippen LogP contribution >= 0.6 is 0 Å². The Balaban J connectivity index is 1.06. The number of hydrogen-bond acceptors (Lipinski definition) is 11. The Morgan fingerprint density at radius 2 is 0.560 bits per heavy atom. The summed E-state index contributed by atoms with van der Waals surface area (Å²) >= 11 is 0. The first kappa shape index (κ1) is 53.5. The molecular weight excluding hydrogens is 945 g/mol. The zero-order chi connectivity index (χ0) is 51.1. The fraction of sp³-hybridized carbons (Fsp3) is 0.312. The summed E-state index contributed by atoms with van der Waals surface area (Å²) in [5.74, 6) is 2.62. The summed E-state index contributed by atoms with van der Waals surface area (Å²) in [6, 6.07) is 70.1. The lowest BCUT2D eigenvalue weighted by molar-refractivity contribution is -0.352. The number of benzene rings is 7. The molecule has 10 atom stereocenters. The minimum atomic E-state index is -1.03. The van der Waals surface area contributed by atoms with Crippen molar-refractivity contribution < 1.29 is 52.1 Å². The van der Waals surface area contributed by atoms with E-state index in [4.69, 9.17) is 58.5 Å². The summed E-state index contributed by atoms with van der Waals surface area (Å²) in [7, 11) is 0. The fourth-order valence-corrected chi connectivity index (χ4v) is 9.22. The largest absolute Gasteiger partial charge is 0.374 e. The molecule has 11 heteroatoms. The molecule has 388 valence electrons. The highest BCUT2D eigenvalue weighted by Gasteiger charge is 2.52. The van der Waals surface area contributed by atoms with Gasteiger partial charge in [0.1, 0.15) is 55.4 Å². The first-order valence-corrected chi connectivity index (χ1v) is 25.7. The van der Waals surface area contributed by atoms with E-state index < -0.39 is 61.4 Å². The van der Waals surface area contributed by atoms with Crippen molar-refractivity contribution in [2.45, 2.75) is 108 Å². The summed E-state index contributed by atoms with van der Waals surface area (Å²) in [4.78, 5) is 0. The van der Waals surface area contributed by atoms with Crippen molar-refractivity contribution in [2.75, 3.05) is 19.8 Å². The normalized spacial score (nSPS) is 23.6. The van der Waals surface area contributed by atoms with Crippen molar-refractivity contribution in [1.82, 2.24) is 0 Å². The molecule has 0 aliphatic carbocycles. The summed E-state index contributed by atoms with van der Waals surface area (Å²) < 4.78 is 75.6. The van der Waals surface area contributed by atoms with Gasteiger partial charge in [-0.2, -0.15) is 0 Å². The molecule has 0 bridgehead atoms. The van der Waals surface area contributed by atoms with Gasteiger partial charge in [-0.25, -0.2) is 0 Å². The number of hydrogen-bond donors (Lipinski definition) is 0. The third-order valence-corrected chi connectivity index (χ3v) is 13.0. The predicted octanol–water partition coefficient (Wildman–Crippen LogP) is 10.8. The molecule has 0 N–H and O–H groups in total. The van der Waals surface area contributed by atoms with E-state index in [1.54, 1.807) is 0 Å². The van der Waals surface area contributed by atoms with E-state index in [1.807, 2.05) is 212 Å². The van der Waals surface area contributed by atoms with Crippen molar-refractivity contribution in [3.05, 3.63) is 251 Å². The van der Waals surface area contributed by atoms with Gasteiger partial charge in [0.25, 0.3) is 0 Å². The SMILES string of the molecule is C#CCO[C@H]1O[C@H](CO[C@H]2O[C@H](COCc3ccccc3)[C@@H](OCc3ccccc3)[C@H](OCc3ccccc3)[C@H]2OCc2ccccc2)[C@@H](OCc2ccccc2)[C@H](OCc2ccccc2)[C@H]1OCc1ccccc1. The van der Waals surface area contributed by atoms with Crippen LogP contribution in [-0.4, -0.2) is 81.2 Å². The van der Waals surface area contributed by atoms with Gasteiger partial charge in [0.2, 0.25) is 0 Å². The average molecular weight is 1010 g/mol. The maximum atomic E-state index is 7.11. The first-order valence-electron chi connectivity index (χ1n) is 25.7. The van der Waals surface area contributed by atoms with Crippen LogP contribution in [0.1, 0.15) is 38.9 Å². The maximum absolute atomic E-state index is 7.11. The molecule has 9 rings (SSSR count). The lowest BCUT2D eigenvalue weighted by atomic mass is 9.96. The van der Waals surface area contributed by atoms with Crippen molar-refractivity contribution in [2.24, 2.45) is 0 Å². The molecule has 2 aliphatic heterocycles. The smallest absolute Gasteiger partial charge is 0.188 e. The van der Waals surface area contributed by atoms with Crippen LogP contribution in [0.3, 0.4) is 0 Å². The van der Waals surface area contributed by atoms with Crippen molar-refractivity contribution in [3.63, 3.8) is 0 Å². The van der Waals surface area contributed by atoms with Crippen LogP contribution in [0.15, 0.2) is 212 Å². The van der Waals surface area contributed by atoms with E-state index in [2.05, 4.69) is 5.92 Å². The van der Waals surface area contributed by atoms with Crippen molar-refractivity contribution in [3.8, 4) is 12.3 Å². The van der Waals surface area contributed by atoms with Gasteiger partial charge in [0.15, 0.2) is 12.6 Å². The van der Waals surface area contributed by atoms with E-state index in [1.165, 1.54) is 0 Å². The number of ether oxygens (including phenoxy) is 11. The van der Waals surface area contributed by atoms with E-state index >= 15 is 0 Å². The molecule has 0 aromatic heterocycles. The van der Waals surface area contributed by atoms with E-state index in [9.17, 15) is 0 Å². The van der Waals surface area contributed by atoms with Gasteiger partial charge in [-0.1, -0.05) is 218 Å². The molecule has 2 aliphatic rings. The lowest BCUT2D eigenvalue weighted by Gasteiger charge is -2.48. The van der Waals surface area contributed by atoms with Crippen LogP contribution < -0.4 is 0 Å². The van der Waals surface area contributed by atoms with Crippen LogP contribution in [0.2, 0.25) is 0 Å². The summed E-state index contributed by atoms with van der Waals surface area (Å²) in [6.45, 7) is 1.98. The van der Waals surface area contributed by atoms with Gasteiger partial charge in [-0.3, -0.25) is 0 Å². The van der Waals surface area contributed by atoms with Crippen LogP contribution in [0.5, 0.6) is 0 Å². The van der Waals surface area contributed by atoms with Crippen LogP contribution in [0, 0.1) is 12.3 Å². The number of terminal acetylenes is 1. The molecule has 2 saturated heterocycles. The Bertz CT molecular complexity index is 2680. The molecule has 0 unspecified atom stereocenters. The van der Waals surface area contributed by atoms with Gasteiger partial charge in [0, 0.05) is 0 Å². The lowest BCUT2D eigenvalue weighted by Crippen LogP contribution is -2.64. The molecule has 11 nitrogen and oxygen atoms in total. The zero-order valence-corrected chi connectivity index (χ0v) is 42.1. The van der Waals surface area contributed by atoms with E-state index in [-0.39, 0.29) is 52.9 Å². The standard InChI is InChI=1S/C64H66O11/c1-2-38-66-63-61(71-44-53-34-20-8-21-35-53)60(70-43-52-32-18-7-19-33-52)58(68-41-50-28-14-5-15-29-50)56(75-63)47-73-64-62(72-45-54-36-22-9-23-37-54)59(69-42-51-30-16-6-17-31-51)57(67-40-49-26-12-4-13-27-49)55(74-64)46-65-39-48-24-10-3-11-25-48/h1,3-37,55-64H,38-47H2/t55-,56-,57-,58-,59+,60+,61-,62-,63+,64+/m1/s1. The second-order valence-corrected chi connectivity index (χ2v) is 18.5. The highest BCUT2D eigenvalue weighted by Crippen LogP contribution is 2.35. The van der Waals surface area contributed by atoms with Crippen LogP contribution in [-0.2, 0) is 98.4 Å². The molecular formula is C64H66O11. The molecule has 2 fully saturated rings. The third kappa shape index (κ3) is 16.1. The third-order valence-electron chi connectivity index (χ3n) is 13.0. The van der Waals surface area contributed by atoms with Crippen molar-refractivity contribution in [1.29, 1.82) is 0 Å². The Kier molecular flexibility index (Phi) is 20.7. The molecule has 0 saturated carbocycles. The van der Waals surface area contributed by atoms with Gasteiger partial charge in [-0.15, -0.1) is 6.42 Å². The molecule has 75 heavy (non-hydrogen) atoms. The highest BCUT2D eigenvalue weighted by molar-refractivity contribution is 5.19. The Hall–Kier alpha value is -6.34. The summed E-state index contributed by atoms with van der Waals surface area (Å²) in [5, 5.41) is 0. The average Bonchev–Trinajstić information content (AvgIpc) is 3.47. The maximum Gasteiger partial charge on any atom is 0.188 e. The Morgan fingerprint density at radius 3 is 0.880 bits per heavy atom. The van der Waals surface area contributed by atoms with E-state index in [0.29, 0.717) is 13.2 Å². The molecule has 7 aromatic carbocycles. The summed E-state index contributed by atoms with van der Waals surface area (Å²) in [5.41, 5.74) is 6.88. The van der Waals surface area contributed by atoms with Crippen LogP contribution in [0.4, 0.5) is 0 Å². The molecule has 0 radical (unpaired) electrons. The molecule has 0 amide bonds. The topological polar surface area (TPSA) is 102 Å². The summed E-state index contributed by atoms with van der Waals surface area (Å²) in [6.07, 6.45) is -2.15. The second-order valence-electron chi connectivity index (χ2n) is 18.5. The quantitative estimate of drug-likeness (QED) is 0.0460. The fourth-order valence-electron chi connectivity index (χ4n) is 9.22. The van der Waals surface area contributed by atoms with Crippen LogP contribution in [0.25, 0.3) is 0 Å². The molecule has 0 spiro atoms. The monoisotopic (exact) mass is 1010 g/mol. The van der Waals surface area contributed by atoms with Crippen molar-refractivity contribution >= 4 is 0 Å². The Labute approximate surface area is 441 Å². The molecule has 7 aromatic rings. The zero-order valence-electron chi connectivity index (χ0n) is 42.1. The van der Waals surface area contributed by atoms with E-state index in [0.717, 1.165) is 38.9 Å². The molecule has 2 heterocycles. The predicted molar refractivity (Wildman–Crippen MR) is 284 cm³/mol. The number of rotatable bonds is 27.